The highest BCUT2D eigenvalue weighted by atomic mass is 35.5. The van der Waals surface area contributed by atoms with Gasteiger partial charge in [-0.1, -0.05) is 47.1 Å². The monoisotopic (exact) mass is 514 g/mol. The molecule has 0 spiro atoms. The van der Waals surface area contributed by atoms with Gasteiger partial charge in [-0.05, 0) is 61.5 Å². The van der Waals surface area contributed by atoms with Crippen molar-refractivity contribution in [2.75, 3.05) is 23.9 Å². The summed E-state index contributed by atoms with van der Waals surface area (Å²) in [5.74, 6) is -0.125. The van der Waals surface area contributed by atoms with Gasteiger partial charge in [-0.2, -0.15) is 0 Å². The van der Waals surface area contributed by atoms with Gasteiger partial charge in [0.2, 0.25) is 0 Å². The van der Waals surface area contributed by atoms with Crippen LogP contribution in [0, 0.1) is 0 Å². The van der Waals surface area contributed by atoms with Gasteiger partial charge in [0.15, 0.2) is 0 Å². The molecule has 1 aliphatic heterocycles. The third kappa shape index (κ3) is 4.87. The van der Waals surface area contributed by atoms with Crippen molar-refractivity contribution >= 4 is 58.2 Å². The fourth-order valence-electron chi connectivity index (χ4n) is 3.38. The summed E-state index contributed by atoms with van der Waals surface area (Å²) in [6.45, 7) is 2.32. The van der Waals surface area contributed by atoms with E-state index in [1.807, 2.05) is 19.1 Å². The number of anilines is 2. The first-order valence-corrected chi connectivity index (χ1v) is 11.9. The number of hydrogen-bond donors (Lipinski definition) is 1. The molecule has 0 fully saturated rings. The van der Waals surface area contributed by atoms with Crippen LogP contribution < -0.4 is 19.7 Å². The van der Waals surface area contributed by atoms with Crippen molar-refractivity contribution in [2.24, 2.45) is 0 Å². The van der Waals surface area contributed by atoms with Crippen LogP contribution in [0.25, 0.3) is 0 Å². The lowest BCUT2D eigenvalue weighted by molar-refractivity contribution is -0.120. The Hall–Kier alpha value is -3.13. The average molecular weight is 515 g/mol. The minimum Gasteiger partial charge on any atom is -0.495 e. The van der Waals surface area contributed by atoms with Crippen LogP contribution in [0.4, 0.5) is 11.4 Å². The summed E-state index contributed by atoms with van der Waals surface area (Å²) in [6, 6.07) is 19.0. The number of carbonyl (C=O) groups excluding carboxylic acids is 2. The standard InChI is InChI=1S/C25H20Cl2N2O4S/c1-3-33-20-7-5-4-6-18(20)28-22-23(34-17-11-8-15(26)9-12-17)25(31)29(24(22)30)19-14-16(27)10-13-21(19)32-2/h4-14,28H,3H2,1-2H3. The van der Waals surface area contributed by atoms with Gasteiger partial charge >= 0.3 is 0 Å². The molecule has 0 bridgehead atoms. The highest BCUT2D eigenvalue weighted by Crippen LogP contribution is 2.42. The number of carbonyl (C=O) groups is 2. The van der Waals surface area contributed by atoms with Crippen molar-refractivity contribution in [3.05, 3.63) is 87.4 Å². The Morgan fingerprint density at radius 1 is 0.912 bits per heavy atom. The number of ether oxygens (including phenoxy) is 2. The summed E-state index contributed by atoms with van der Waals surface area (Å²) in [7, 11) is 1.46. The molecule has 0 atom stereocenters. The second-order valence-corrected chi connectivity index (χ2v) is 9.03. The van der Waals surface area contributed by atoms with Gasteiger partial charge in [-0.15, -0.1) is 0 Å². The molecule has 34 heavy (non-hydrogen) atoms. The molecule has 3 aromatic carbocycles. The zero-order valence-corrected chi connectivity index (χ0v) is 20.6. The predicted octanol–water partition coefficient (Wildman–Crippen LogP) is 6.39. The molecule has 3 aromatic rings. The second kappa shape index (κ2) is 10.4. The molecule has 9 heteroatoms. The summed E-state index contributed by atoms with van der Waals surface area (Å²) in [6.07, 6.45) is 0. The number of hydrogen-bond acceptors (Lipinski definition) is 6. The first-order valence-electron chi connectivity index (χ1n) is 10.3. The smallest absolute Gasteiger partial charge is 0.283 e. The summed E-state index contributed by atoms with van der Waals surface area (Å²) in [5.41, 5.74) is 0.947. The fourth-order valence-corrected chi connectivity index (χ4v) is 4.60. The molecule has 2 amide bonds. The number of para-hydroxylation sites is 2. The molecule has 0 unspecified atom stereocenters. The molecule has 0 aromatic heterocycles. The van der Waals surface area contributed by atoms with E-state index in [-0.39, 0.29) is 16.3 Å². The predicted molar refractivity (Wildman–Crippen MR) is 136 cm³/mol. The van der Waals surface area contributed by atoms with Crippen LogP contribution in [0.2, 0.25) is 10.0 Å². The summed E-state index contributed by atoms with van der Waals surface area (Å²) < 4.78 is 11.1. The van der Waals surface area contributed by atoms with Crippen LogP contribution in [0.1, 0.15) is 6.92 Å². The molecule has 174 valence electrons. The van der Waals surface area contributed by atoms with Gasteiger partial charge in [0.1, 0.15) is 22.1 Å². The first-order chi connectivity index (χ1) is 16.4. The number of thioether (sulfide) groups is 1. The Bertz CT molecular complexity index is 1280. The highest BCUT2D eigenvalue weighted by Gasteiger charge is 2.41. The third-order valence-electron chi connectivity index (χ3n) is 4.90. The van der Waals surface area contributed by atoms with E-state index in [1.54, 1.807) is 48.5 Å². The lowest BCUT2D eigenvalue weighted by Gasteiger charge is -2.19. The quantitative estimate of drug-likeness (QED) is 0.351. The van der Waals surface area contributed by atoms with Gasteiger partial charge < -0.3 is 14.8 Å². The van der Waals surface area contributed by atoms with E-state index in [2.05, 4.69) is 5.32 Å². The Morgan fingerprint density at radius 2 is 1.62 bits per heavy atom. The lowest BCUT2D eigenvalue weighted by Crippen LogP contribution is -2.32. The van der Waals surface area contributed by atoms with Crippen LogP contribution >= 0.6 is 35.0 Å². The van der Waals surface area contributed by atoms with Crippen molar-refractivity contribution in [3.8, 4) is 11.5 Å². The number of methoxy groups -OCH3 is 1. The maximum atomic E-state index is 13.6. The minimum atomic E-state index is -0.534. The van der Waals surface area contributed by atoms with Crippen LogP contribution in [-0.4, -0.2) is 25.5 Å². The molecule has 1 heterocycles. The van der Waals surface area contributed by atoms with Gasteiger partial charge in [-0.25, -0.2) is 4.90 Å². The Labute approximate surface area is 211 Å². The van der Waals surface area contributed by atoms with E-state index in [9.17, 15) is 9.59 Å². The van der Waals surface area contributed by atoms with Crippen molar-refractivity contribution in [1.82, 2.24) is 0 Å². The molecule has 1 N–H and O–H groups in total. The maximum Gasteiger partial charge on any atom is 0.283 e. The minimum absolute atomic E-state index is 0.124. The number of amides is 2. The first kappa shape index (κ1) is 24.0. The molecule has 4 rings (SSSR count). The van der Waals surface area contributed by atoms with Crippen molar-refractivity contribution in [3.63, 3.8) is 0 Å². The number of rotatable bonds is 8. The van der Waals surface area contributed by atoms with Gasteiger partial charge in [-0.3, -0.25) is 9.59 Å². The third-order valence-corrected chi connectivity index (χ3v) is 6.48. The van der Waals surface area contributed by atoms with Crippen molar-refractivity contribution in [1.29, 1.82) is 0 Å². The summed E-state index contributed by atoms with van der Waals surface area (Å²) in [5, 5.41) is 4.07. The Kier molecular flexibility index (Phi) is 7.36. The number of benzene rings is 3. The maximum absolute atomic E-state index is 13.6. The van der Waals surface area contributed by atoms with Crippen molar-refractivity contribution in [2.45, 2.75) is 11.8 Å². The molecular weight excluding hydrogens is 495 g/mol. The topological polar surface area (TPSA) is 67.9 Å². The SMILES string of the molecule is CCOc1ccccc1NC1=C(Sc2ccc(Cl)cc2)C(=O)N(c2cc(Cl)ccc2OC)C1=O. The van der Waals surface area contributed by atoms with E-state index < -0.39 is 11.8 Å². The summed E-state index contributed by atoms with van der Waals surface area (Å²) in [4.78, 5) is 29.3. The number of halogens is 2. The lowest BCUT2D eigenvalue weighted by atomic mass is 10.2. The molecule has 0 radical (unpaired) electrons. The Morgan fingerprint density at radius 3 is 2.32 bits per heavy atom. The fraction of sp³-hybridized carbons (Fsp3) is 0.120. The molecular formula is C25H20Cl2N2O4S. The number of imide groups is 1. The molecule has 0 saturated heterocycles. The second-order valence-electron chi connectivity index (χ2n) is 7.08. The molecule has 0 saturated carbocycles. The highest BCUT2D eigenvalue weighted by molar-refractivity contribution is 8.04. The zero-order chi connectivity index (χ0) is 24.2. The normalized spacial score (nSPS) is 13.5. The van der Waals surface area contributed by atoms with E-state index in [0.717, 1.165) is 9.80 Å². The zero-order valence-electron chi connectivity index (χ0n) is 18.3. The molecule has 1 aliphatic rings. The van der Waals surface area contributed by atoms with E-state index in [1.165, 1.54) is 24.9 Å². The van der Waals surface area contributed by atoms with E-state index >= 15 is 0 Å². The van der Waals surface area contributed by atoms with Crippen LogP contribution in [-0.2, 0) is 9.59 Å². The number of nitrogens with one attached hydrogen (secondary N) is 1. The van der Waals surface area contributed by atoms with Gasteiger partial charge in [0, 0.05) is 14.9 Å². The molecule has 0 aliphatic carbocycles. The van der Waals surface area contributed by atoms with E-state index in [0.29, 0.717) is 33.8 Å². The van der Waals surface area contributed by atoms with Crippen LogP contribution in [0.5, 0.6) is 11.5 Å². The van der Waals surface area contributed by atoms with E-state index in [4.69, 9.17) is 32.7 Å². The largest absolute Gasteiger partial charge is 0.495 e. The van der Waals surface area contributed by atoms with Crippen LogP contribution in [0.3, 0.4) is 0 Å². The van der Waals surface area contributed by atoms with Crippen molar-refractivity contribution < 1.29 is 19.1 Å². The van der Waals surface area contributed by atoms with Crippen LogP contribution in [0.15, 0.2) is 82.2 Å². The Balaban J connectivity index is 1.80. The summed E-state index contributed by atoms with van der Waals surface area (Å²) >= 11 is 13.4. The average Bonchev–Trinajstić information content (AvgIpc) is 3.05. The van der Waals surface area contributed by atoms with Gasteiger partial charge in [0.05, 0.1) is 25.1 Å². The molecule has 6 nitrogen and oxygen atoms in total. The van der Waals surface area contributed by atoms with Gasteiger partial charge in [0.25, 0.3) is 11.8 Å². The number of nitrogens with zero attached hydrogens (tertiary/aromatic N) is 1.